The summed E-state index contributed by atoms with van der Waals surface area (Å²) in [6.07, 6.45) is 2.11. The molecule has 2 aliphatic rings. The number of hydrogen-bond donors (Lipinski definition) is 1. The number of aryl methyl sites for hydroxylation is 1. The van der Waals surface area contributed by atoms with Gasteiger partial charge in [-0.3, -0.25) is 19.3 Å². The number of fused-ring (bicyclic) bond motifs is 2. The number of nitrogens with zero attached hydrogens (tertiary/aromatic N) is 1. The molecule has 3 rings (SSSR count). The van der Waals surface area contributed by atoms with Crippen molar-refractivity contribution in [3.8, 4) is 0 Å². The first-order valence-electron chi connectivity index (χ1n) is 7.81. The Bertz CT molecular complexity index is 729. The highest BCUT2D eigenvalue weighted by Crippen LogP contribution is 2.39. The maximum Gasteiger partial charge on any atom is 0.326 e. The average molecular weight is 330 g/mol. The first kappa shape index (κ1) is 16.2. The number of benzene rings is 1. The zero-order chi connectivity index (χ0) is 17.3. The number of esters is 1. The van der Waals surface area contributed by atoms with Crippen molar-refractivity contribution < 1.29 is 23.9 Å². The third kappa shape index (κ3) is 2.66. The topological polar surface area (TPSA) is 92.8 Å². The third-order valence-corrected chi connectivity index (χ3v) is 4.37. The molecule has 1 unspecified atom stereocenters. The highest BCUT2D eigenvalue weighted by molar-refractivity contribution is 6.09. The smallest absolute Gasteiger partial charge is 0.326 e. The summed E-state index contributed by atoms with van der Waals surface area (Å²) >= 11 is 0. The van der Waals surface area contributed by atoms with Crippen molar-refractivity contribution in [3.63, 3.8) is 0 Å². The van der Waals surface area contributed by atoms with Crippen LogP contribution in [0.1, 0.15) is 30.9 Å². The monoisotopic (exact) mass is 330 g/mol. The van der Waals surface area contributed by atoms with Crippen LogP contribution in [0, 0.1) is 0 Å². The van der Waals surface area contributed by atoms with Crippen molar-refractivity contribution >= 4 is 23.7 Å². The van der Waals surface area contributed by atoms with Crippen molar-refractivity contribution in [1.82, 2.24) is 10.2 Å². The highest BCUT2D eigenvalue weighted by Gasteiger charge is 2.54. The van der Waals surface area contributed by atoms with E-state index in [2.05, 4.69) is 5.32 Å². The van der Waals surface area contributed by atoms with Crippen LogP contribution in [0.5, 0.6) is 0 Å². The van der Waals surface area contributed by atoms with E-state index < -0.39 is 30.0 Å². The zero-order valence-electron chi connectivity index (χ0n) is 13.3. The zero-order valence-corrected chi connectivity index (χ0v) is 13.3. The van der Waals surface area contributed by atoms with Gasteiger partial charge in [0.1, 0.15) is 18.7 Å². The fourth-order valence-electron chi connectivity index (χ4n) is 3.31. The van der Waals surface area contributed by atoms with Crippen LogP contribution >= 0.6 is 0 Å². The second kappa shape index (κ2) is 6.07. The standard InChI is InChI=1S/C17H18N2O5/c1-11(20)10-24-14(21)9-19-15(22)17(18-16(19)23)8-4-6-12-5-2-3-7-13(12)17/h2-3,5,7H,4,6,8-10H2,1H3,(H,18,23). The van der Waals surface area contributed by atoms with Gasteiger partial charge >= 0.3 is 12.0 Å². The maximum absolute atomic E-state index is 12.9. The fraction of sp³-hybridized carbons (Fsp3) is 0.412. The molecule has 1 atom stereocenters. The number of ether oxygens (including phenoxy) is 1. The van der Waals surface area contributed by atoms with Crippen molar-refractivity contribution in [1.29, 1.82) is 0 Å². The summed E-state index contributed by atoms with van der Waals surface area (Å²) in [5.41, 5.74) is 0.708. The molecule has 1 aromatic rings. The van der Waals surface area contributed by atoms with E-state index in [4.69, 9.17) is 4.74 Å². The Morgan fingerprint density at radius 1 is 1.29 bits per heavy atom. The fourth-order valence-corrected chi connectivity index (χ4v) is 3.31. The summed E-state index contributed by atoms with van der Waals surface area (Å²) in [5.74, 6) is -1.53. The average Bonchev–Trinajstić information content (AvgIpc) is 2.78. The molecule has 0 saturated carbocycles. The van der Waals surface area contributed by atoms with E-state index in [-0.39, 0.29) is 12.4 Å². The van der Waals surface area contributed by atoms with Crippen LogP contribution < -0.4 is 5.32 Å². The summed E-state index contributed by atoms with van der Waals surface area (Å²) in [4.78, 5) is 48.6. The minimum Gasteiger partial charge on any atom is -0.456 e. The maximum atomic E-state index is 12.9. The third-order valence-electron chi connectivity index (χ3n) is 4.37. The number of carbonyl (C=O) groups excluding carboxylic acids is 4. The summed E-state index contributed by atoms with van der Waals surface area (Å²) in [7, 11) is 0. The number of amides is 3. The van der Waals surface area contributed by atoms with Gasteiger partial charge in [0.15, 0.2) is 5.78 Å². The van der Waals surface area contributed by atoms with Gasteiger partial charge in [0.25, 0.3) is 5.91 Å². The quantitative estimate of drug-likeness (QED) is 0.654. The van der Waals surface area contributed by atoms with E-state index in [0.717, 1.165) is 28.9 Å². The number of urea groups is 1. The lowest BCUT2D eigenvalue weighted by atomic mass is 9.76. The number of imide groups is 1. The van der Waals surface area contributed by atoms with Gasteiger partial charge < -0.3 is 10.1 Å². The van der Waals surface area contributed by atoms with E-state index in [1.54, 1.807) is 0 Å². The van der Waals surface area contributed by atoms with Crippen LogP contribution in [-0.2, 0) is 31.1 Å². The highest BCUT2D eigenvalue weighted by atomic mass is 16.5. The van der Waals surface area contributed by atoms with Gasteiger partial charge in [0.2, 0.25) is 0 Å². The van der Waals surface area contributed by atoms with E-state index in [9.17, 15) is 19.2 Å². The summed E-state index contributed by atoms with van der Waals surface area (Å²) in [6, 6.07) is 6.89. The van der Waals surface area contributed by atoms with Gasteiger partial charge in [-0.1, -0.05) is 24.3 Å². The molecule has 24 heavy (non-hydrogen) atoms. The molecule has 1 aliphatic carbocycles. The number of ketones is 1. The van der Waals surface area contributed by atoms with Crippen LogP contribution in [0.15, 0.2) is 24.3 Å². The number of carbonyl (C=O) groups is 4. The van der Waals surface area contributed by atoms with E-state index in [0.29, 0.717) is 6.42 Å². The van der Waals surface area contributed by atoms with Gasteiger partial charge in [-0.2, -0.15) is 0 Å². The molecule has 7 nitrogen and oxygen atoms in total. The van der Waals surface area contributed by atoms with Crippen molar-refractivity contribution in [3.05, 3.63) is 35.4 Å². The normalized spacial score (nSPS) is 22.3. The van der Waals surface area contributed by atoms with Crippen molar-refractivity contribution in [2.75, 3.05) is 13.2 Å². The molecule has 0 bridgehead atoms. The van der Waals surface area contributed by atoms with E-state index in [1.807, 2.05) is 24.3 Å². The Morgan fingerprint density at radius 2 is 2.04 bits per heavy atom. The molecule has 1 spiro atoms. The molecule has 0 radical (unpaired) electrons. The Kier molecular flexibility index (Phi) is 4.09. The number of hydrogen-bond acceptors (Lipinski definition) is 5. The van der Waals surface area contributed by atoms with Gasteiger partial charge in [0.05, 0.1) is 0 Å². The van der Waals surface area contributed by atoms with Crippen LogP contribution in [0.3, 0.4) is 0 Å². The first-order chi connectivity index (χ1) is 11.4. The Morgan fingerprint density at radius 3 is 2.79 bits per heavy atom. The number of rotatable bonds is 4. The van der Waals surface area contributed by atoms with Gasteiger partial charge in [-0.15, -0.1) is 0 Å². The van der Waals surface area contributed by atoms with E-state index >= 15 is 0 Å². The lowest BCUT2D eigenvalue weighted by Gasteiger charge is -2.33. The van der Waals surface area contributed by atoms with Crippen LogP contribution in [0.25, 0.3) is 0 Å². The van der Waals surface area contributed by atoms with Crippen LogP contribution in [0.2, 0.25) is 0 Å². The molecule has 3 amide bonds. The molecule has 1 aromatic carbocycles. The summed E-state index contributed by atoms with van der Waals surface area (Å²) in [5, 5.41) is 2.76. The lowest BCUT2D eigenvalue weighted by Crippen LogP contribution is -2.46. The van der Waals surface area contributed by atoms with Gasteiger partial charge in [-0.25, -0.2) is 4.79 Å². The number of nitrogens with one attached hydrogen (secondary N) is 1. The SMILES string of the molecule is CC(=O)COC(=O)CN1C(=O)NC2(CCCc3ccccc32)C1=O. The van der Waals surface area contributed by atoms with Crippen molar-refractivity contribution in [2.45, 2.75) is 31.7 Å². The van der Waals surface area contributed by atoms with Crippen molar-refractivity contribution in [2.24, 2.45) is 0 Å². The molecule has 1 N–H and O–H groups in total. The molecule has 1 heterocycles. The predicted octanol–water partition coefficient (Wildman–Crippen LogP) is 0.902. The number of Topliss-reactive ketones (excluding diaryl/α,β-unsaturated/α-hetero) is 1. The Balaban J connectivity index is 1.83. The summed E-state index contributed by atoms with van der Waals surface area (Å²) in [6.45, 7) is 0.424. The lowest BCUT2D eigenvalue weighted by molar-refractivity contribution is -0.150. The largest absolute Gasteiger partial charge is 0.456 e. The Hall–Kier alpha value is -2.70. The molecule has 7 heteroatoms. The van der Waals surface area contributed by atoms with Gasteiger partial charge in [0, 0.05) is 0 Å². The van der Waals surface area contributed by atoms with Crippen LogP contribution in [-0.4, -0.2) is 41.7 Å². The Labute approximate surface area is 139 Å². The second-order valence-electron chi connectivity index (χ2n) is 6.10. The predicted molar refractivity (Wildman–Crippen MR) is 82.9 cm³/mol. The first-order valence-corrected chi connectivity index (χ1v) is 7.81. The van der Waals surface area contributed by atoms with E-state index in [1.165, 1.54) is 6.92 Å². The van der Waals surface area contributed by atoms with Crippen LogP contribution in [0.4, 0.5) is 4.79 Å². The molecule has 126 valence electrons. The molecule has 0 aromatic heterocycles. The molecular formula is C17H18N2O5. The molecule has 1 aliphatic heterocycles. The minimum atomic E-state index is -1.10. The molecular weight excluding hydrogens is 312 g/mol. The second-order valence-corrected chi connectivity index (χ2v) is 6.10. The summed E-state index contributed by atoms with van der Waals surface area (Å²) < 4.78 is 4.74. The minimum absolute atomic E-state index is 0.307. The van der Waals surface area contributed by atoms with Gasteiger partial charge in [-0.05, 0) is 37.3 Å². The molecule has 1 fully saturated rings. The molecule has 1 saturated heterocycles.